The zero-order chi connectivity index (χ0) is 16.5. The largest absolute Gasteiger partial charge is 0.494 e. The predicted molar refractivity (Wildman–Crippen MR) is 92.6 cm³/mol. The lowest BCUT2D eigenvalue weighted by atomic mass is 9.97. The molecule has 1 aromatic carbocycles. The highest BCUT2D eigenvalue weighted by atomic mass is 35.5. The van der Waals surface area contributed by atoms with Crippen LogP contribution < -0.4 is 4.74 Å². The van der Waals surface area contributed by atoms with E-state index in [1.165, 1.54) is 0 Å². The van der Waals surface area contributed by atoms with Crippen molar-refractivity contribution in [3.63, 3.8) is 0 Å². The Morgan fingerprint density at radius 1 is 1.08 bits per heavy atom. The molecule has 4 rings (SSSR count). The molecule has 0 atom stereocenters. The van der Waals surface area contributed by atoms with Crippen molar-refractivity contribution in [2.45, 2.75) is 6.54 Å². The minimum Gasteiger partial charge on any atom is -0.494 e. The van der Waals surface area contributed by atoms with E-state index in [1.54, 1.807) is 25.8 Å². The van der Waals surface area contributed by atoms with Crippen molar-refractivity contribution in [1.29, 1.82) is 0 Å². The van der Waals surface area contributed by atoms with Crippen LogP contribution in [0.2, 0.25) is 5.02 Å². The number of aromatic nitrogens is 3. The van der Waals surface area contributed by atoms with E-state index >= 15 is 0 Å². The van der Waals surface area contributed by atoms with Crippen LogP contribution in [0.25, 0.3) is 11.3 Å². The van der Waals surface area contributed by atoms with Gasteiger partial charge in [0.15, 0.2) is 0 Å². The molecular formula is C18H13ClN4O. The monoisotopic (exact) mass is 336 g/mol. The smallest absolute Gasteiger partial charge is 0.146 e. The Labute approximate surface area is 144 Å². The first-order valence-corrected chi connectivity index (χ1v) is 7.78. The van der Waals surface area contributed by atoms with Crippen molar-refractivity contribution >= 4 is 17.3 Å². The molecule has 0 radical (unpaired) electrons. The van der Waals surface area contributed by atoms with Gasteiger partial charge in [0.25, 0.3) is 0 Å². The first-order valence-electron chi connectivity index (χ1n) is 7.41. The van der Waals surface area contributed by atoms with Crippen LogP contribution in [0, 0.1) is 0 Å². The lowest BCUT2D eigenvalue weighted by molar-refractivity contribution is 0.412. The number of hydrogen-bond acceptors (Lipinski definition) is 5. The summed E-state index contributed by atoms with van der Waals surface area (Å²) in [6.07, 6.45) is 5.06. The van der Waals surface area contributed by atoms with Crippen molar-refractivity contribution in [3.8, 4) is 17.0 Å². The van der Waals surface area contributed by atoms with Crippen LogP contribution in [-0.4, -0.2) is 27.8 Å². The molecule has 0 bridgehead atoms. The number of benzene rings is 1. The molecule has 0 N–H and O–H groups in total. The number of hydrogen-bond donors (Lipinski definition) is 0. The van der Waals surface area contributed by atoms with Gasteiger partial charge in [0, 0.05) is 34.1 Å². The molecule has 2 aromatic heterocycles. The summed E-state index contributed by atoms with van der Waals surface area (Å²) in [5, 5.41) is 0.633. The summed E-state index contributed by atoms with van der Waals surface area (Å²) < 4.78 is 5.46. The number of nitrogens with zero attached hydrogens (tertiary/aromatic N) is 4. The van der Waals surface area contributed by atoms with E-state index in [-0.39, 0.29) is 0 Å². The van der Waals surface area contributed by atoms with E-state index < -0.39 is 0 Å². The molecule has 6 heteroatoms. The molecule has 0 saturated heterocycles. The van der Waals surface area contributed by atoms with Crippen LogP contribution in [0.4, 0.5) is 0 Å². The second kappa shape index (κ2) is 6.02. The highest BCUT2D eigenvalue weighted by Crippen LogP contribution is 2.33. The fourth-order valence-electron chi connectivity index (χ4n) is 2.82. The molecule has 24 heavy (non-hydrogen) atoms. The molecule has 3 heterocycles. The third-order valence-electron chi connectivity index (χ3n) is 3.90. The minimum absolute atomic E-state index is 0.470. The average molecular weight is 337 g/mol. The third-order valence-corrected chi connectivity index (χ3v) is 4.14. The number of rotatable bonds is 2. The predicted octanol–water partition coefficient (Wildman–Crippen LogP) is 3.55. The summed E-state index contributed by atoms with van der Waals surface area (Å²) >= 11 is 6.24. The van der Waals surface area contributed by atoms with Crippen LogP contribution in [0.5, 0.6) is 5.75 Å². The van der Waals surface area contributed by atoms with E-state index in [2.05, 4.69) is 15.0 Å². The molecule has 118 valence electrons. The van der Waals surface area contributed by atoms with Gasteiger partial charge in [-0.25, -0.2) is 9.97 Å². The molecule has 0 spiro atoms. The topological polar surface area (TPSA) is 60.3 Å². The first-order chi connectivity index (χ1) is 11.8. The normalized spacial score (nSPS) is 12.7. The number of ether oxygens (including phenoxy) is 1. The highest BCUT2D eigenvalue weighted by molar-refractivity contribution is 6.31. The van der Waals surface area contributed by atoms with Gasteiger partial charge in [-0.05, 0) is 24.3 Å². The van der Waals surface area contributed by atoms with Gasteiger partial charge in [0.1, 0.15) is 17.8 Å². The maximum atomic E-state index is 6.24. The maximum Gasteiger partial charge on any atom is 0.146 e. The Morgan fingerprint density at radius 3 is 2.88 bits per heavy atom. The van der Waals surface area contributed by atoms with E-state index in [0.717, 1.165) is 28.1 Å². The summed E-state index contributed by atoms with van der Waals surface area (Å²) in [6.45, 7) is 0.470. The molecule has 5 nitrogen and oxygen atoms in total. The third kappa shape index (κ3) is 2.43. The van der Waals surface area contributed by atoms with Gasteiger partial charge in [0.2, 0.25) is 0 Å². The fourth-order valence-corrected chi connectivity index (χ4v) is 2.99. The van der Waals surface area contributed by atoms with Crippen molar-refractivity contribution in [1.82, 2.24) is 15.0 Å². The van der Waals surface area contributed by atoms with Gasteiger partial charge in [-0.3, -0.25) is 9.98 Å². The van der Waals surface area contributed by atoms with Gasteiger partial charge < -0.3 is 4.74 Å². The second-order valence-electron chi connectivity index (χ2n) is 5.31. The summed E-state index contributed by atoms with van der Waals surface area (Å²) in [6, 6.07) is 9.40. The van der Waals surface area contributed by atoms with E-state index in [4.69, 9.17) is 21.3 Å². The van der Waals surface area contributed by atoms with Crippen molar-refractivity contribution < 1.29 is 4.74 Å². The molecule has 1 aliphatic rings. The van der Waals surface area contributed by atoms with E-state index in [9.17, 15) is 0 Å². The zero-order valence-electron chi connectivity index (χ0n) is 12.9. The Bertz CT molecular complexity index is 955. The van der Waals surface area contributed by atoms with Gasteiger partial charge in [-0.2, -0.15) is 0 Å². The first kappa shape index (κ1) is 14.8. The number of fused-ring (bicyclic) bond motifs is 3. The lowest BCUT2D eigenvalue weighted by Gasteiger charge is -2.12. The summed E-state index contributed by atoms with van der Waals surface area (Å²) in [7, 11) is 1.62. The molecule has 0 aliphatic carbocycles. The Hall–Kier alpha value is -2.79. The number of methoxy groups -OCH3 is 1. The number of pyridine rings is 1. The van der Waals surface area contributed by atoms with Crippen LogP contribution >= 0.6 is 11.6 Å². The fraction of sp³-hybridized carbons (Fsp3) is 0.111. The van der Waals surface area contributed by atoms with E-state index in [1.807, 2.05) is 30.3 Å². The summed E-state index contributed by atoms with van der Waals surface area (Å²) in [5.74, 6) is 0.666. The van der Waals surface area contributed by atoms with Gasteiger partial charge in [-0.15, -0.1) is 0 Å². The Kier molecular flexibility index (Phi) is 3.70. The molecule has 0 unspecified atom stereocenters. The lowest BCUT2D eigenvalue weighted by Crippen LogP contribution is -2.09. The summed E-state index contributed by atoms with van der Waals surface area (Å²) in [5.41, 5.74) is 5.10. The molecule has 0 amide bonds. The molecule has 0 fully saturated rings. The van der Waals surface area contributed by atoms with Gasteiger partial charge in [0.05, 0.1) is 25.1 Å². The van der Waals surface area contributed by atoms with Crippen molar-refractivity contribution in [2.24, 2.45) is 4.99 Å². The van der Waals surface area contributed by atoms with Gasteiger partial charge in [-0.1, -0.05) is 17.7 Å². The molecule has 0 saturated carbocycles. The quantitative estimate of drug-likeness (QED) is 0.718. The van der Waals surface area contributed by atoms with Crippen molar-refractivity contribution in [3.05, 3.63) is 70.9 Å². The van der Waals surface area contributed by atoms with Crippen LogP contribution in [-0.2, 0) is 6.54 Å². The van der Waals surface area contributed by atoms with Crippen LogP contribution in [0.1, 0.15) is 16.8 Å². The zero-order valence-corrected chi connectivity index (χ0v) is 13.7. The van der Waals surface area contributed by atoms with Crippen LogP contribution in [0.15, 0.2) is 54.0 Å². The molecule has 1 aliphatic heterocycles. The van der Waals surface area contributed by atoms with Crippen molar-refractivity contribution in [2.75, 3.05) is 7.11 Å². The maximum absolute atomic E-state index is 6.24. The van der Waals surface area contributed by atoms with E-state index in [0.29, 0.717) is 23.0 Å². The SMILES string of the molecule is COc1cccnc1C1=NCc2cncnc2-c2ccc(Cl)cc21. The number of aliphatic imine (C=N–C) groups is 1. The average Bonchev–Trinajstić information content (AvgIpc) is 2.78. The van der Waals surface area contributed by atoms with Gasteiger partial charge >= 0.3 is 0 Å². The Balaban J connectivity index is 2.01. The molecular weight excluding hydrogens is 324 g/mol. The number of halogens is 1. The summed E-state index contributed by atoms with van der Waals surface area (Å²) in [4.78, 5) is 17.8. The second-order valence-corrected chi connectivity index (χ2v) is 5.74. The standard InChI is InChI=1S/C18H13ClN4O/c1-24-15-3-2-6-21-18(15)17-14-7-12(19)4-5-13(14)16-11(9-22-17)8-20-10-23-16/h2-8,10H,9H2,1H3. The highest BCUT2D eigenvalue weighted by Gasteiger charge is 2.23. The van der Waals surface area contributed by atoms with Crippen LogP contribution in [0.3, 0.4) is 0 Å². The minimum atomic E-state index is 0.470. The molecule has 3 aromatic rings. The Morgan fingerprint density at radius 2 is 2.00 bits per heavy atom.